The van der Waals surface area contributed by atoms with Crippen LogP contribution in [0.4, 0.5) is 8.78 Å². The van der Waals surface area contributed by atoms with Gasteiger partial charge in [-0.3, -0.25) is 15.1 Å². The van der Waals surface area contributed by atoms with E-state index in [4.69, 9.17) is 0 Å². The molecule has 0 saturated carbocycles. The van der Waals surface area contributed by atoms with E-state index in [1.165, 1.54) is 24.3 Å². The maximum absolute atomic E-state index is 12.4. The lowest BCUT2D eigenvalue weighted by molar-refractivity contribution is -0.120. The van der Waals surface area contributed by atoms with Crippen LogP contribution >= 0.6 is 0 Å². The van der Waals surface area contributed by atoms with Crippen LogP contribution in [0, 0.1) is 0 Å². The minimum Gasteiger partial charge on any atom is -0.340 e. The Balaban J connectivity index is 2.17. The summed E-state index contributed by atoms with van der Waals surface area (Å²) in [5.74, 6) is 0.192. The average molecular weight is 253 g/mol. The van der Waals surface area contributed by atoms with E-state index >= 15 is 0 Å². The number of carbonyl (C=O) groups is 1. The molecule has 4 nitrogen and oxygen atoms in total. The normalized spacial score (nSPS) is 21.2. The molecular weight excluding hydrogens is 240 g/mol. The summed E-state index contributed by atoms with van der Waals surface area (Å²) >= 11 is 0. The van der Waals surface area contributed by atoms with Crippen LogP contribution in [-0.4, -0.2) is 18.4 Å². The Morgan fingerprint density at radius 1 is 1.33 bits per heavy atom. The highest BCUT2D eigenvalue weighted by Crippen LogP contribution is 2.22. The van der Waals surface area contributed by atoms with E-state index in [-0.39, 0.29) is 11.5 Å². The van der Waals surface area contributed by atoms with Crippen molar-refractivity contribution in [1.29, 1.82) is 0 Å². The van der Waals surface area contributed by atoms with Gasteiger partial charge in [0.2, 0.25) is 0 Å². The van der Waals surface area contributed by atoms with Crippen LogP contribution in [0.2, 0.25) is 0 Å². The Kier molecular flexibility index (Phi) is 3.55. The van der Waals surface area contributed by atoms with Gasteiger partial charge in [-0.2, -0.15) is 0 Å². The lowest BCUT2D eigenvalue weighted by Gasteiger charge is -2.08. The van der Waals surface area contributed by atoms with Gasteiger partial charge in [-0.1, -0.05) is 24.3 Å². The number of amides is 1. The molecule has 2 rings (SSSR count). The highest BCUT2D eigenvalue weighted by atomic mass is 19.3. The molecule has 0 radical (unpaired) electrons. The van der Waals surface area contributed by atoms with Gasteiger partial charge < -0.3 is 5.32 Å². The number of hydrogen-bond acceptors (Lipinski definition) is 2. The Hall–Kier alpha value is -1.98. The SMILES string of the molecule is CCN=C1NC(=O)C(c2ccc(C(F)F)cc2)N1. The molecule has 1 amide bonds. The minimum atomic E-state index is -2.50. The lowest BCUT2D eigenvalue weighted by Crippen LogP contribution is -2.25. The van der Waals surface area contributed by atoms with Gasteiger partial charge in [0.15, 0.2) is 5.96 Å². The molecule has 1 aliphatic heterocycles. The smallest absolute Gasteiger partial charge is 0.263 e. The zero-order valence-electron chi connectivity index (χ0n) is 9.78. The molecule has 1 fully saturated rings. The number of alkyl halides is 2. The van der Waals surface area contributed by atoms with Crippen molar-refractivity contribution in [2.24, 2.45) is 4.99 Å². The average Bonchev–Trinajstić information content (AvgIpc) is 2.71. The second-order valence-electron chi connectivity index (χ2n) is 3.86. The largest absolute Gasteiger partial charge is 0.340 e. The number of carbonyl (C=O) groups excluding carboxylic acids is 1. The van der Waals surface area contributed by atoms with Gasteiger partial charge >= 0.3 is 0 Å². The number of nitrogens with zero attached hydrogens (tertiary/aromatic N) is 1. The minimum absolute atomic E-state index is 0.0559. The number of guanidine groups is 1. The third kappa shape index (κ3) is 2.47. The summed E-state index contributed by atoms with van der Waals surface area (Å²) in [5, 5.41) is 5.50. The zero-order valence-corrected chi connectivity index (χ0v) is 9.78. The van der Waals surface area contributed by atoms with E-state index in [1.54, 1.807) is 0 Å². The summed E-state index contributed by atoms with van der Waals surface area (Å²) in [4.78, 5) is 15.7. The molecule has 0 aromatic heterocycles. The monoisotopic (exact) mass is 253 g/mol. The molecule has 2 N–H and O–H groups in total. The fourth-order valence-corrected chi connectivity index (χ4v) is 1.74. The fraction of sp³-hybridized carbons (Fsp3) is 0.333. The number of nitrogens with one attached hydrogen (secondary N) is 2. The van der Waals surface area contributed by atoms with Crippen molar-refractivity contribution < 1.29 is 13.6 Å². The molecule has 1 unspecified atom stereocenters. The van der Waals surface area contributed by atoms with Crippen LogP contribution in [-0.2, 0) is 4.79 Å². The van der Waals surface area contributed by atoms with E-state index in [9.17, 15) is 13.6 Å². The van der Waals surface area contributed by atoms with Crippen molar-refractivity contribution in [3.05, 3.63) is 35.4 Å². The lowest BCUT2D eigenvalue weighted by atomic mass is 10.1. The van der Waals surface area contributed by atoms with Crippen molar-refractivity contribution in [3.8, 4) is 0 Å². The number of hydrogen-bond donors (Lipinski definition) is 2. The maximum Gasteiger partial charge on any atom is 0.263 e. The first-order valence-electron chi connectivity index (χ1n) is 5.61. The Bertz CT molecular complexity index is 471. The van der Waals surface area contributed by atoms with Crippen molar-refractivity contribution in [2.75, 3.05) is 6.54 Å². The van der Waals surface area contributed by atoms with Crippen LogP contribution in [0.3, 0.4) is 0 Å². The van der Waals surface area contributed by atoms with Gasteiger partial charge in [-0.05, 0) is 12.5 Å². The first kappa shape index (κ1) is 12.5. The van der Waals surface area contributed by atoms with Crippen LogP contribution in [0.15, 0.2) is 29.3 Å². The molecule has 1 aromatic carbocycles. The maximum atomic E-state index is 12.4. The number of benzene rings is 1. The summed E-state index contributed by atoms with van der Waals surface area (Å²) in [7, 11) is 0. The Morgan fingerprint density at radius 3 is 2.56 bits per heavy atom. The molecule has 1 aromatic rings. The second-order valence-corrected chi connectivity index (χ2v) is 3.86. The first-order valence-corrected chi connectivity index (χ1v) is 5.61. The predicted molar refractivity (Wildman–Crippen MR) is 63.4 cm³/mol. The van der Waals surface area contributed by atoms with Crippen LogP contribution in [0.5, 0.6) is 0 Å². The molecule has 1 atom stereocenters. The number of rotatable bonds is 3. The van der Waals surface area contributed by atoms with E-state index in [0.29, 0.717) is 18.1 Å². The summed E-state index contributed by atoms with van der Waals surface area (Å²) in [6, 6.07) is 5.12. The van der Waals surface area contributed by atoms with E-state index in [1.807, 2.05) is 6.92 Å². The van der Waals surface area contributed by atoms with Gasteiger partial charge in [0, 0.05) is 12.1 Å². The molecule has 1 aliphatic rings. The number of aliphatic imine (C=N–C) groups is 1. The third-order valence-corrected chi connectivity index (χ3v) is 2.62. The first-order chi connectivity index (χ1) is 8.61. The molecular formula is C12H13F2N3O. The van der Waals surface area contributed by atoms with Crippen LogP contribution in [0.1, 0.15) is 30.5 Å². The van der Waals surface area contributed by atoms with Crippen LogP contribution in [0.25, 0.3) is 0 Å². The summed E-state index contributed by atoms with van der Waals surface area (Å²) in [5.41, 5.74) is 0.581. The highest BCUT2D eigenvalue weighted by molar-refractivity contribution is 6.06. The fourth-order valence-electron chi connectivity index (χ4n) is 1.74. The quantitative estimate of drug-likeness (QED) is 0.862. The van der Waals surface area contributed by atoms with E-state index < -0.39 is 12.5 Å². The molecule has 0 spiro atoms. The zero-order chi connectivity index (χ0) is 13.1. The Labute approximate surface area is 103 Å². The van der Waals surface area contributed by atoms with Crippen molar-refractivity contribution in [1.82, 2.24) is 10.6 Å². The molecule has 6 heteroatoms. The summed E-state index contributed by atoms with van der Waals surface area (Å²) in [6.45, 7) is 2.41. The van der Waals surface area contributed by atoms with Gasteiger partial charge in [-0.25, -0.2) is 8.78 Å². The molecule has 0 bridgehead atoms. The summed E-state index contributed by atoms with van der Waals surface area (Å²) < 4.78 is 24.8. The molecule has 96 valence electrons. The highest BCUT2D eigenvalue weighted by Gasteiger charge is 2.29. The van der Waals surface area contributed by atoms with E-state index in [0.717, 1.165) is 0 Å². The molecule has 0 aliphatic carbocycles. The van der Waals surface area contributed by atoms with Gasteiger partial charge in [0.25, 0.3) is 12.3 Å². The van der Waals surface area contributed by atoms with Gasteiger partial charge in [0.05, 0.1) is 0 Å². The van der Waals surface area contributed by atoms with Crippen LogP contribution < -0.4 is 10.6 Å². The topological polar surface area (TPSA) is 53.5 Å². The second kappa shape index (κ2) is 5.12. The standard InChI is InChI=1S/C12H13F2N3O/c1-2-15-12-16-9(11(18)17-12)7-3-5-8(6-4-7)10(13)14/h3-6,9-10H,2H2,1H3,(H2,15,16,17,18). The molecule has 18 heavy (non-hydrogen) atoms. The van der Waals surface area contributed by atoms with Gasteiger partial charge in [-0.15, -0.1) is 0 Å². The van der Waals surface area contributed by atoms with Crippen molar-refractivity contribution in [2.45, 2.75) is 19.4 Å². The predicted octanol–water partition coefficient (Wildman–Crippen LogP) is 1.76. The summed E-state index contributed by atoms with van der Waals surface area (Å²) in [6.07, 6.45) is -2.50. The van der Waals surface area contributed by atoms with Gasteiger partial charge in [0.1, 0.15) is 6.04 Å². The Morgan fingerprint density at radius 2 is 2.00 bits per heavy atom. The van der Waals surface area contributed by atoms with E-state index in [2.05, 4.69) is 15.6 Å². The third-order valence-electron chi connectivity index (χ3n) is 2.62. The molecule has 1 heterocycles. The number of halogens is 2. The molecule has 1 saturated heterocycles. The van der Waals surface area contributed by atoms with Crippen molar-refractivity contribution >= 4 is 11.9 Å². The van der Waals surface area contributed by atoms with Crippen molar-refractivity contribution in [3.63, 3.8) is 0 Å².